The molecule has 5 nitrogen and oxygen atoms in total. The Balaban J connectivity index is 1.99. The van der Waals surface area contributed by atoms with Crippen LogP contribution >= 0.6 is 23.2 Å². The molecule has 2 rings (SSSR count). The number of halogens is 2. The molecule has 1 aromatic heterocycles. The zero-order chi connectivity index (χ0) is 16.1. The first-order chi connectivity index (χ1) is 10.5. The topological polar surface area (TPSA) is 68.3 Å². The summed E-state index contributed by atoms with van der Waals surface area (Å²) < 4.78 is 5.07. The maximum absolute atomic E-state index is 12.0. The quantitative estimate of drug-likeness (QED) is 0.683. The molecule has 22 heavy (non-hydrogen) atoms. The molecule has 1 aromatic carbocycles. The van der Waals surface area contributed by atoms with Crippen molar-refractivity contribution < 1.29 is 14.3 Å². The Bertz CT molecular complexity index is 707. The SMILES string of the molecule is C[C@H](OC(=O)c1cccnc1Cl)C(=O)Nc1cccc(Cl)c1. The van der Waals surface area contributed by atoms with Gasteiger partial charge in [0.1, 0.15) is 5.15 Å². The van der Waals surface area contributed by atoms with Crippen molar-refractivity contribution in [1.29, 1.82) is 0 Å². The van der Waals surface area contributed by atoms with Crippen LogP contribution in [0.25, 0.3) is 0 Å². The summed E-state index contributed by atoms with van der Waals surface area (Å²) in [5, 5.41) is 3.12. The van der Waals surface area contributed by atoms with Crippen LogP contribution in [0.1, 0.15) is 17.3 Å². The zero-order valence-electron chi connectivity index (χ0n) is 11.5. The van der Waals surface area contributed by atoms with Crippen molar-refractivity contribution in [2.45, 2.75) is 13.0 Å². The van der Waals surface area contributed by atoms with Gasteiger partial charge in [-0.25, -0.2) is 9.78 Å². The number of aromatic nitrogens is 1. The van der Waals surface area contributed by atoms with Gasteiger partial charge in [-0.1, -0.05) is 29.3 Å². The Labute approximate surface area is 137 Å². The van der Waals surface area contributed by atoms with Crippen molar-refractivity contribution in [3.05, 3.63) is 58.3 Å². The number of rotatable bonds is 4. The van der Waals surface area contributed by atoms with Gasteiger partial charge in [0.05, 0.1) is 5.56 Å². The second-order valence-electron chi connectivity index (χ2n) is 4.39. The van der Waals surface area contributed by atoms with Gasteiger partial charge >= 0.3 is 5.97 Å². The van der Waals surface area contributed by atoms with E-state index in [1.807, 2.05) is 0 Å². The van der Waals surface area contributed by atoms with Gasteiger partial charge < -0.3 is 10.1 Å². The van der Waals surface area contributed by atoms with Gasteiger partial charge in [-0.05, 0) is 37.3 Å². The van der Waals surface area contributed by atoms with Crippen LogP contribution in [0.5, 0.6) is 0 Å². The smallest absolute Gasteiger partial charge is 0.342 e. The van der Waals surface area contributed by atoms with Crippen LogP contribution in [0.15, 0.2) is 42.6 Å². The fourth-order valence-electron chi connectivity index (χ4n) is 1.63. The van der Waals surface area contributed by atoms with Crippen molar-refractivity contribution in [3.8, 4) is 0 Å². The molecule has 1 amide bonds. The molecule has 1 heterocycles. The molecule has 0 aliphatic heterocycles. The highest BCUT2D eigenvalue weighted by atomic mass is 35.5. The molecule has 0 saturated heterocycles. The third kappa shape index (κ3) is 4.19. The van der Waals surface area contributed by atoms with E-state index in [0.29, 0.717) is 10.7 Å². The van der Waals surface area contributed by atoms with E-state index < -0.39 is 18.0 Å². The van der Waals surface area contributed by atoms with Crippen LogP contribution in [0.4, 0.5) is 5.69 Å². The molecule has 0 spiro atoms. The van der Waals surface area contributed by atoms with Gasteiger partial charge in [-0.3, -0.25) is 4.79 Å². The van der Waals surface area contributed by atoms with Gasteiger partial charge in [0, 0.05) is 16.9 Å². The number of benzene rings is 1. The van der Waals surface area contributed by atoms with Crippen molar-refractivity contribution >= 4 is 40.8 Å². The highest BCUT2D eigenvalue weighted by molar-refractivity contribution is 6.32. The minimum absolute atomic E-state index is 0.0231. The molecule has 0 bridgehead atoms. The lowest BCUT2D eigenvalue weighted by atomic mass is 10.2. The van der Waals surface area contributed by atoms with Gasteiger partial charge in [-0.15, -0.1) is 0 Å². The molecular formula is C15H12Cl2N2O3. The van der Waals surface area contributed by atoms with Crippen LogP contribution in [0.3, 0.4) is 0 Å². The van der Waals surface area contributed by atoms with Crippen LogP contribution < -0.4 is 5.32 Å². The number of esters is 1. The van der Waals surface area contributed by atoms with E-state index in [2.05, 4.69) is 10.3 Å². The summed E-state index contributed by atoms with van der Waals surface area (Å²) in [6.45, 7) is 1.46. The fourth-order valence-corrected chi connectivity index (χ4v) is 2.01. The normalized spacial score (nSPS) is 11.6. The molecule has 1 atom stereocenters. The zero-order valence-corrected chi connectivity index (χ0v) is 13.1. The van der Waals surface area contributed by atoms with Gasteiger partial charge in [-0.2, -0.15) is 0 Å². The molecular weight excluding hydrogens is 327 g/mol. The third-order valence-electron chi connectivity index (χ3n) is 2.72. The number of nitrogens with one attached hydrogen (secondary N) is 1. The molecule has 0 saturated carbocycles. The number of ether oxygens (including phenoxy) is 1. The molecule has 2 aromatic rings. The molecule has 0 radical (unpaired) electrons. The molecule has 7 heteroatoms. The van der Waals surface area contributed by atoms with Gasteiger partial charge in [0.15, 0.2) is 6.10 Å². The second-order valence-corrected chi connectivity index (χ2v) is 5.18. The maximum atomic E-state index is 12.0. The number of hydrogen-bond donors (Lipinski definition) is 1. The number of nitrogens with zero attached hydrogens (tertiary/aromatic N) is 1. The number of carbonyl (C=O) groups is 2. The highest BCUT2D eigenvalue weighted by Gasteiger charge is 2.20. The number of carbonyl (C=O) groups excluding carboxylic acids is 2. The Morgan fingerprint density at radius 1 is 1.23 bits per heavy atom. The molecule has 1 N–H and O–H groups in total. The van der Waals surface area contributed by atoms with Crippen molar-refractivity contribution in [2.75, 3.05) is 5.32 Å². The van der Waals surface area contributed by atoms with Crippen LogP contribution in [-0.4, -0.2) is 23.0 Å². The van der Waals surface area contributed by atoms with E-state index in [9.17, 15) is 9.59 Å². The standard InChI is InChI=1S/C15H12Cl2N2O3/c1-9(14(20)19-11-5-2-4-10(16)8-11)22-15(21)12-6-3-7-18-13(12)17/h2-9H,1H3,(H,19,20)/t9-/m0/s1. The highest BCUT2D eigenvalue weighted by Crippen LogP contribution is 2.16. The summed E-state index contributed by atoms with van der Waals surface area (Å²) in [6.07, 6.45) is 0.455. The van der Waals surface area contributed by atoms with Crippen LogP contribution in [0.2, 0.25) is 10.2 Å². The molecule has 0 fully saturated rings. The first kappa shape index (κ1) is 16.3. The molecule has 0 aliphatic carbocycles. The number of pyridine rings is 1. The minimum atomic E-state index is -0.997. The lowest BCUT2D eigenvalue weighted by Gasteiger charge is -2.14. The largest absolute Gasteiger partial charge is 0.449 e. The Morgan fingerprint density at radius 2 is 2.00 bits per heavy atom. The van der Waals surface area contributed by atoms with E-state index in [1.54, 1.807) is 30.3 Å². The summed E-state index contributed by atoms with van der Waals surface area (Å²) in [5.74, 6) is -1.19. The van der Waals surface area contributed by atoms with E-state index in [4.69, 9.17) is 27.9 Å². The summed E-state index contributed by atoms with van der Waals surface area (Å²) >= 11 is 11.6. The van der Waals surface area contributed by atoms with E-state index in [1.165, 1.54) is 19.2 Å². The van der Waals surface area contributed by atoms with E-state index >= 15 is 0 Å². The van der Waals surface area contributed by atoms with E-state index in [-0.39, 0.29) is 10.7 Å². The van der Waals surface area contributed by atoms with Crippen LogP contribution in [-0.2, 0) is 9.53 Å². The lowest BCUT2D eigenvalue weighted by molar-refractivity contribution is -0.123. The van der Waals surface area contributed by atoms with Crippen molar-refractivity contribution in [2.24, 2.45) is 0 Å². The van der Waals surface area contributed by atoms with Gasteiger partial charge in [0.25, 0.3) is 5.91 Å². The predicted octanol–water partition coefficient (Wildman–Crippen LogP) is 3.57. The Kier molecular flexibility index (Phi) is 5.35. The summed E-state index contributed by atoms with van der Waals surface area (Å²) in [5.41, 5.74) is 0.617. The summed E-state index contributed by atoms with van der Waals surface area (Å²) in [6, 6.07) is 9.68. The average Bonchev–Trinajstić information content (AvgIpc) is 2.47. The lowest BCUT2D eigenvalue weighted by Crippen LogP contribution is -2.30. The summed E-state index contributed by atoms with van der Waals surface area (Å²) in [7, 11) is 0. The maximum Gasteiger partial charge on any atom is 0.342 e. The van der Waals surface area contributed by atoms with Crippen LogP contribution in [0, 0.1) is 0 Å². The van der Waals surface area contributed by atoms with Crippen molar-refractivity contribution in [1.82, 2.24) is 4.98 Å². The first-order valence-electron chi connectivity index (χ1n) is 6.35. The molecule has 114 valence electrons. The number of anilines is 1. The van der Waals surface area contributed by atoms with Gasteiger partial charge in [0.2, 0.25) is 0 Å². The average molecular weight is 339 g/mol. The third-order valence-corrected chi connectivity index (χ3v) is 3.26. The Morgan fingerprint density at radius 3 is 2.68 bits per heavy atom. The molecule has 0 aliphatic rings. The second kappa shape index (κ2) is 7.24. The molecule has 0 unspecified atom stereocenters. The first-order valence-corrected chi connectivity index (χ1v) is 7.11. The number of hydrogen-bond acceptors (Lipinski definition) is 4. The van der Waals surface area contributed by atoms with E-state index in [0.717, 1.165) is 0 Å². The summed E-state index contributed by atoms with van der Waals surface area (Å²) in [4.78, 5) is 27.7. The number of amides is 1. The van der Waals surface area contributed by atoms with Crippen molar-refractivity contribution in [3.63, 3.8) is 0 Å². The predicted molar refractivity (Wildman–Crippen MR) is 84.2 cm³/mol. The monoisotopic (exact) mass is 338 g/mol. The fraction of sp³-hybridized carbons (Fsp3) is 0.133. The Hall–Kier alpha value is -2.11. The minimum Gasteiger partial charge on any atom is -0.449 e.